The van der Waals surface area contributed by atoms with Gasteiger partial charge in [0.05, 0.1) is 4.90 Å². The molecule has 0 saturated heterocycles. The number of hydrogen-bond donors (Lipinski definition) is 1. The van der Waals surface area contributed by atoms with Crippen LogP contribution in [0, 0.1) is 6.92 Å². The Balaban J connectivity index is 2.17. The topological polar surface area (TPSA) is 69.4 Å². The minimum Gasteiger partial charge on any atom is -0.457 e. The first-order valence-corrected chi connectivity index (χ1v) is 8.57. The van der Waals surface area contributed by atoms with E-state index in [9.17, 15) is 8.42 Å². The molecule has 0 aliphatic carbocycles. The SMILES string of the molecule is Cc1cc(Oc2ccc(S(C)(=O)=O)cc2)ccc1CCN. The van der Waals surface area contributed by atoms with Gasteiger partial charge in [-0.3, -0.25) is 0 Å². The monoisotopic (exact) mass is 305 g/mol. The van der Waals surface area contributed by atoms with E-state index in [4.69, 9.17) is 10.5 Å². The van der Waals surface area contributed by atoms with E-state index in [1.54, 1.807) is 24.3 Å². The zero-order valence-corrected chi connectivity index (χ0v) is 13.0. The van der Waals surface area contributed by atoms with Gasteiger partial charge in [-0.2, -0.15) is 0 Å². The Kier molecular flexibility index (Phi) is 4.65. The molecule has 0 saturated carbocycles. The number of aryl methyl sites for hydroxylation is 1. The molecule has 0 heterocycles. The summed E-state index contributed by atoms with van der Waals surface area (Å²) in [7, 11) is -3.18. The molecule has 5 heteroatoms. The number of ether oxygens (including phenoxy) is 1. The molecule has 0 bridgehead atoms. The predicted octanol–water partition coefficient (Wildman–Crippen LogP) is 2.69. The maximum atomic E-state index is 11.4. The summed E-state index contributed by atoms with van der Waals surface area (Å²) >= 11 is 0. The molecule has 0 fully saturated rings. The lowest BCUT2D eigenvalue weighted by Crippen LogP contribution is -2.04. The lowest BCUT2D eigenvalue weighted by atomic mass is 10.1. The van der Waals surface area contributed by atoms with Gasteiger partial charge >= 0.3 is 0 Å². The van der Waals surface area contributed by atoms with Crippen molar-refractivity contribution < 1.29 is 13.2 Å². The van der Waals surface area contributed by atoms with Crippen LogP contribution in [0.25, 0.3) is 0 Å². The number of nitrogens with two attached hydrogens (primary N) is 1. The number of sulfone groups is 1. The van der Waals surface area contributed by atoms with E-state index in [-0.39, 0.29) is 4.90 Å². The Hall–Kier alpha value is -1.85. The van der Waals surface area contributed by atoms with Crippen molar-refractivity contribution in [3.63, 3.8) is 0 Å². The van der Waals surface area contributed by atoms with Crippen LogP contribution in [0.1, 0.15) is 11.1 Å². The summed E-state index contributed by atoms with van der Waals surface area (Å²) in [6, 6.07) is 12.2. The van der Waals surface area contributed by atoms with Crippen LogP contribution in [0.5, 0.6) is 11.5 Å². The molecule has 2 aromatic carbocycles. The molecule has 2 rings (SSSR count). The van der Waals surface area contributed by atoms with Crippen molar-refractivity contribution in [3.8, 4) is 11.5 Å². The van der Waals surface area contributed by atoms with Crippen molar-refractivity contribution in [1.29, 1.82) is 0 Å². The summed E-state index contributed by atoms with van der Waals surface area (Å²) in [5, 5.41) is 0. The fraction of sp³-hybridized carbons (Fsp3) is 0.250. The van der Waals surface area contributed by atoms with Crippen molar-refractivity contribution in [2.75, 3.05) is 12.8 Å². The minimum atomic E-state index is -3.18. The third-order valence-corrected chi connectivity index (χ3v) is 4.34. The van der Waals surface area contributed by atoms with Crippen molar-refractivity contribution >= 4 is 9.84 Å². The van der Waals surface area contributed by atoms with Gasteiger partial charge in [0, 0.05) is 6.26 Å². The summed E-state index contributed by atoms with van der Waals surface area (Å²) in [5.41, 5.74) is 7.90. The molecule has 0 radical (unpaired) electrons. The van der Waals surface area contributed by atoms with E-state index in [2.05, 4.69) is 0 Å². The van der Waals surface area contributed by atoms with Crippen molar-refractivity contribution in [3.05, 3.63) is 53.6 Å². The molecule has 0 aliphatic rings. The van der Waals surface area contributed by atoms with E-state index in [0.29, 0.717) is 12.3 Å². The van der Waals surface area contributed by atoms with E-state index in [1.165, 1.54) is 11.8 Å². The molecule has 0 atom stereocenters. The molecule has 0 unspecified atom stereocenters. The van der Waals surface area contributed by atoms with Crippen LogP contribution < -0.4 is 10.5 Å². The molecular formula is C16H19NO3S. The first-order valence-electron chi connectivity index (χ1n) is 6.68. The molecule has 2 aromatic rings. The normalized spacial score (nSPS) is 11.4. The van der Waals surface area contributed by atoms with Gasteiger partial charge in [0.15, 0.2) is 9.84 Å². The molecule has 0 spiro atoms. The second-order valence-corrected chi connectivity index (χ2v) is 6.99. The maximum Gasteiger partial charge on any atom is 0.175 e. The third kappa shape index (κ3) is 4.06. The summed E-state index contributed by atoms with van der Waals surface area (Å²) in [6.45, 7) is 2.64. The zero-order chi connectivity index (χ0) is 15.5. The molecule has 4 nitrogen and oxygen atoms in total. The Bertz CT molecular complexity index is 722. The van der Waals surface area contributed by atoms with Gasteiger partial charge in [-0.1, -0.05) is 6.07 Å². The summed E-state index contributed by atoms with van der Waals surface area (Å²) in [4.78, 5) is 0.282. The van der Waals surface area contributed by atoms with E-state index in [0.717, 1.165) is 17.7 Å². The molecule has 2 N–H and O–H groups in total. The zero-order valence-electron chi connectivity index (χ0n) is 12.2. The first kappa shape index (κ1) is 15.5. The summed E-state index contributed by atoms with van der Waals surface area (Å²) in [5.74, 6) is 1.33. The van der Waals surface area contributed by atoms with Crippen LogP contribution in [0.4, 0.5) is 0 Å². The number of hydrogen-bond acceptors (Lipinski definition) is 4. The molecule has 0 aromatic heterocycles. The summed E-state index contributed by atoms with van der Waals surface area (Å²) in [6.07, 6.45) is 2.03. The Morgan fingerprint density at radius 2 is 1.67 bits per heavy atom. The highest BCUT2D eigenvalue weighted by Crippen LogP contribution is 2.25. The van der Waals surface area contributed by atoms with Crippen molar-refractivity contribution in [2.24, 2.45) is 5.73 Å². The minimum absolute atomic E-state index is 0.282. The number of rotatable bonds is 5. The fourth-order valence-corrected chi connectivity index (χ4v) is 2.69. The quantitative estimate of drug-likeness (QED) is 0.922. The standard InChI is InChI=1S/C16H19NO3S/c1-12-11-15(4-3-13(12)9-10-17)20-14-5-7-16(8-6-14)21(2,18)19/h3-8,11H,9-10,17H2,1-2H3. The van der Waals surface area contributed by atoms with Crippen LogP contribution in [-0.2, 0) is 16.3 Å². The summed E-state index contributed by atoms with van der Waals surface area (Å²) < 4.78 is 28.5. The molecule has 112 valence electrons. The van der Waals surface area contributed by atoms with Crippen molar-refractivity contribution in [2.45, 2.75) is 18.2 Å². The van der Waals surface area contributed by atoms with Crippen LogP contribution >= 0.6 is 0 Å². The van der Waals surface area contributed by atoms with E-state index in [1.807, 2.05) is 25.1 Å². The van der Waals surface area contributed by atoms with Crippen LogP contribution in [0.2, 0.25) is 0 Å². The average molecular weight is 305 g/mol. The van der Waals surface area contributed by atoms with Crippen molar-refractivity contribution in [1.82, 2.24) is 0 Å². The highest BCUT2D eigenvalue weighted by atomic mass is 32.2. The second-order valence-electron chi connectivity index (χ2n) is 4.97. The largest absolute Gasteiger partial charge is 0.457 e. The lowest BCUT2D eigenvalue weighted by Gasteiger charge is -2.10. The average Bonchev–Trinajstić information content (AvgIpc) is 2.42. The van der Waals surface area contributed by atoms with Crippen LogP contribution in [0.3, 0.4) is 0 Å². The van der Waals surface area contributed by atoms with Crippen LogP contribution in [-0.4, -0.2) is 21.2 Å². The highest BCUT2D eigenvalue weighted by Gasteiger charge is 2.07. The van der Waals surface area contributed by atoms with Gasteiger partial charge < -0.3 is 10.5 Å². The fourth-order valence-electron chi connectivity index (χ4n) is 2.06. The van der Waals surface area contributed by atoms with E-state index < -0.39 is 9.84 Å². The molecule has 0 amide bonds. The predicted molar refractivity (Wildman–Crippen MR) is 83.6 cm³/mol. The number of benzene rings is 2. The van der Waals surface area contributed by atoms with Crippen LogP contribution in [0.15, 0.2) is 47.4 Å². The molecular weight excluding hydrogens is 286 g/mol. The molecule has 21 heavy (non-hydrogen) atoms. The van der Waals surface area contributed by atoms with Gasteiger partial charge in [0.2, 0.25) is 0 Å². The highest BCUT2D eigenvalue weighted by molar-refractivity contribution is 7.90. The van der Waals surface area contributed by atoms with Gasteiger partial charge in [-0.25, -0.2) is 8.42 Å². The second kappa shape index (κ2) is 6.28. The Morgan fingerprint density at radius 1 is 1.05 bits per heavy atom. The van der Waals surface area contributed by atoms with Gasteiger partial charge in [0.25, 0.3) is 0 Å². The molecule has 0 aliphatic heterocycles. The Morgan fingerprint density at radius 3 is 2.19 bits per heavy atom. The third-order valence-electron chi connectivity index (χ3n) is 3.22. The van der Waals surface area contributed by atoms with Gasteiger partial charge in [-0.15, -0.1) is 0 Å². The Labute approximate surface area is 125 Å². The van der Waals surface area contributed by atoms with Gasteiger partial charge in [-0.05, 0) is 67.4 Å². The lowest BCUT2D eigenvalue weighted by molar-refractivity contribution is 0.481. The first-order chi connectivity index (χ1) is 9.90. The maximum absolute atomic E-state index is 11.4. The smallest absolute Gasteiger partial charge is 0.175 e. The van der Waals surface area contributed by atoms with Gasteiger partial charge in [0.1, 0.15) is 11.5 Å². The van der Waals surface area contributed by atoms with E-state index >= 15 is 0 Å².